The highest BCUT2D eigenvalue weighted by atomic mass is 35.5. The third-order valence-electron chi connectivity index (χ3n) is 2.51. The lowest BCUT2D eigenvalue weighted by atomic mass is 10.1. The number of ether oxygens (including phenoxy) is 1. The van der Waals surface area contributed by atoms with E-state index in [1.54, 1.807) is 25.4 Å². The van der Waals surface area contributed by atoms with Crippen LogP contribution in [-0.2, 0) is 6.54 Å². The van der Waals surface area contributed by atoms with E-state index in [-0.39, 0.29) is 0 Å². The van der Waals surface area contributed by atoms with Crippen molar-refractivity contribution in [2.45, 2.75) is 13.5 Å². The first-order chi connectivity index (χ1) is 8.74. The van der Waals surface area contributed by atoms with Crippen molar-refractivity contribution in [3.63, 3.8) is 0 Å². The van der Waals surface area contributed by atoms with Gasteiger partial charge in [-0.05, 0) is 24.7 Å². The molecule has 96 valence electrons. The van der Waals surface area contributed by atoms with Crippen LogP contribution in [0.25, 0.3) is 11.3 Å². The number of nitrogens with one attached hydrogen (secondary N) is 1. The Kier molecular flexibility index (Phi) is 4.23. The number of nitrogens with zero attached hydrogens (tertiary/aromatic N) is 1. The van der Waals surface area contributed by atoms with Crippen molar-refractivity contribution < 1.29 is 9.15 Å². The summed E-state index contributed by atoms with van der Waals surface area (Å²) in [6, 6.07) is 5.39. The van der Waals surface area contributed by atoms with Crippen LogP contribution in [-0.4, -0.2) is 18.6 Å². The van der Waals surface area contributed by atoms with Gasteiger partial charge in [-0.3, -0.25) is 0 Å². The number of aromatic nitrogens is 1. The molecule has 0 amide bonds. The van der Waals surface area contributed by atoms with Crippen LogP contribution in [0.5, 0.6) is 5.75 Å². The molecule has 0 radical (unpaired) electrons. The molecule has 1 aromatic heterocycles. The summed E-state index contributed by atoms with van der Waals surface area (Å²) in [4.78, 5) is 4.21. The van der Waals surface area contributed by atoms with Crippen molar-refractivity contribution in [3.05, 3.63) is 35.3 Å². The van der Waals surface area contributed by atoms with Crippen molar-refractivity contribution >= 4 is 11.6 Å². The topological polar surface area (TPSA) is 47.3 Å². The Bertz CT molecular complexity index is 525. The maximum atomic E-state index is 5.98. The summed E-state index contributed by atoms with van der Waals surface area (Å²) in [7, 11) is 1.61. The standard InChI is InChI=1S/C13H15ClN2O2/c1-3-15-8-13-16-7-12(18-13)10-6-9(14)4-5-11(10)17-2/h4-7,15H,3,8H2,1-2H3. The third kappa shape index (κ3) is 2.83. The first-order valence-electron chi connectivity index (χ1n) is 5.74. The maximum absolute atomic E-state index is 5.98. The zero-order valence-corrected chi connectivity index (χ0v) is 11.1. The molecule has 0 aliphatic heterocycles. The largest absolute Gasteiger partial charge is 0.496 e. The van der Waals surface area contributed by atoms with Gasteiger partial charge in [0.25, 0.3) is 0 Å². The number of methoxy groups -OCH3 is 1. The molecule has 1 aromatic carbocycles. The summed E-state index contributed by atoms with van der Waals surface area (Å²) in [6.45, 7) is 3.52. The molecule has 1 N–H and O–H groups in total. The fourth-order valence-electron chi connectivity index (χ4n) is 1.62. The van der Waals surface area contributed by atoms with Crippen molar-refractivity contribution in [2.24, 2.45) is 0 Å². The van der Waals surface area contributed by atoms with Crippen molar-refractivity contribution in [1.82, 2.24) is 10.3 Å². The highest BCUT2D eigenvalue weighted by Gasteiger charge is 2.11. The summed E-state index contributed by atoms with van der Waals surface area (Å²) < 4.78 is 10.9. The minimum absolute atomic E-state index is 0.610. The van der Waals surface area contributed by atoms with E-state index in [0.717, 1.165) is 12.1 Å². The molecule has 0 fully saturated rings. The Morgan fingerprint density at radius 3 is 3.00 bits per heavy atom. The molecular formula is C13H15ClN2O2. The first-order valence-corrected chi connectivity index (χ1v) is 6.11. The molecule has 0 spiro atoms. The first kappa shape index (κ1) is 12.9. The van der Waals surface area contributed by atoms with E-state index in [0.29, 0.717) is 29.0 Å². The summed E-state index contributed by atoms with van der Waals surface area (Å²) in [5.74, 6) is 2.02. The molecule has 2 rings (SSSR count). The predicted molar refractivity (Wildman–Crippen MR) is 70.9 cm³/mol. The highest BCUT2D eigenvalue weighted by Crippen LogP contribution is 2.32. The average molecular weight is 267 g/mol. The lowest BCUT2D eigenvalue weighted by Gasteiger charge is -2.05. The van der Waals surface area contributed by atoms with Gasteiger partial charge >= 0.3 is 0 Å². The van der Waals surface area contributed by atoms with Gasteiger partial charge in [0, 0.05) is 5.02 Å². The number of oxazole rings is 1. The maximum Gasteiger partial charge on any atom is 0.208 e. The second-order valence-electron chi connectivity index (χ2n) is 3.74. The molecule has 0 saturated heterocycles. The zero-order chi connectivity index (χ0) is 13.0. The number of halogens is 1. The molecule has 0 atom stereocenters. The minimum atomic E-state index is 0.610. The smallest absolute Gasteiger partial charge is 0.208 e. The molecular weight excluding hydrogens is 252 g/mol. The van der Waals surface area contributed by atoms with Crippen LogP contribution in [0.1, 0.15) is 12.8 Å². The summed E-state index contributed by atoms with van der Waals surface area (Å²) in [6.07, 6.45) is 1.68. The average Bonchev–Trinajstić information content (AvgIpc) is 2.85. The second-order valence-corrected chi connectivity index (χ2v) is 4.18. The van der Waals surface area contributed by atoms with Gasteiger partial charge < -0.3 is 14.5 Å². The lowest BCUT2D eigenvalue weighted by Crippen LogP contribution is -2.11. The molecule has 0 saturated carbocycles. The number of hydrogen-bond donors (Lipinski definition) is 1. The molecule has 4 nitrogen and oxygen atoms in total. The fraction of sp³-hybridized carbons (Fsp3) is 0.308. The predicted octanol–water partition coefficient (Wildman–Crippen LogP) is 3.11. The number of hydrogen-bond acceptors (Lipinski definition) is 4. The molecule has 1 heterocycles. The van der Waals surface area contributed by atoms with Crippen molar-refractivity contribution in [2.75, 3.05) is 13.7 Å². The van der Waals surface area contributed by atoms with Gasteiger partial charge in [-0.15, -0.1) is 0 Å². The van der Waals surface area contributed by atoms with E-state index in [1.165, 1.54) is 0 Å². The van der Waals surface area contributed by atoms with Crippen molar-refractivity contribution in [1.29, 1.82) is 0 Å². The normalized spacial score (nSPS) is 10.6. The Hall–Kier alpha value is -1.52. The molecule has 0 unspecified atom stereocenters. The third-order valence-corrected chi connectivity index (χ3v) is 2.74. The van der Waals surface area contributed by atoms with Crippen LogP contribution >= 0.6 is 11.6 Å². The Balaban J connectivity index is 2.30. The Morgan fingerprint density at radius 2 is 2.28 bits per heavy atom. The second kappa shape index (κ2) is 5.89. The van der Waals surface area contributed by atoms with Crippen LogP contribution in [0.3, 0.4) is 0 Å². The Labute approximate surface area is 111 Å². The van der Waals surface area contributed by atoms with E-state index < -0.39 is 0 Å². The van der Waals surface area contributed by atoms with Gasteiger partial charge in [-0.2, -0.15) is 0 Å². The molecule has 0 bridgehead atoms. The van der Waals surface area contributed by atoms with Gasteiger partial charge in [0.05, 0.1) is 25.4 Å². The molecule has 18 heavy (non-hydrogen) atoms. The van der Waals surface area contributed by atoms with E-state index in [9.17, 15) is 0 Å². The molecule has 5 heteroatoms. The SMILES string of the molecule is CCNCc1ncc(-c2cc(Cl)ccc2OC)o1. The van der Waals surface area contributed by atoms with Crippen LogP contribution in [0, 0.1) is 0 Å². The summed E-state index contributed by atoms with van der Waals surface area (Å²) in [5.41, 5.74) is 0.806. The van der Waals surface area contributed by atoms with Crippen molar-refractivity contribution in [3.8, 4) is 17.1 Å². The van der Waals surface area contributed by atoms with Gasteiger partial charge in [0.15, 0.2) is 5.76 Å². The van der Waals surface area contributed by atoms with Crippen LogP contribution in [0.15, 0.2) is 28.8 Å². The Morgan fingerprint density at radius 1 is 1.44 bits per heavy atom. The molecule has 0 aliphatic rings. The summed E-state index contributed by atoms with van der Waals surface area (Å²) in [5, 5.41) is 3.79. The van der Waals surface area contributed by atoms with Gasteiger partial charge in [0.2, 0.25) is 5.89 Å². The van der Waals surface area contributed by atoms with Crippen LogP contribution in [0.4, 0.5) is 0 Å². The van der Waals surface area contributed by atoms with E-state index >= 15 is 0 Å². The van der Waals surface area contributed by atoms with Crippen LogP contribution in [0.2, 0.25) is 5.02 Å². The van der Waals surface area contributed by atoms with E-state index in [2.05, 4.69) is 10.3 Å². The number of rotatable bonds is 5. The lowest BCUT2D eigenvalue weighted by molar-refractivity contribution is 0.413. The van der Waals surface area contributed by atoms with Gasteiger partial charge in [-0.25, -0.2) is 4.98 Å². The monoisotopic (exact) mass is 266 g/mol. The van der Waals surface area contributed by atoms with Gasteiger partial charge in [0.1, 0.15) is 5.75 Å². The summed E-state index contributed by atoms with van der Waals surface area (Å²) >= 11 is 5.98. The quantitative estimate of drug-likeness (QED) is 0.903. The van der Waals surface area contributed by atoms with E-state index in [4.69, 9.17) is 20.8 Å². The van der Waals surface area contributed by atoms with Gasteiger partial charge in [-0.1, -0.05) is 18.5 Å². The number of benzene rings is 1. The minimum Gasteiger partial charge on any atom is -0.496 e. The van der Waals surface area contributed by atoms with Crippen LogP contribution < -0.4 is 10.1 Å². The van der Waals surface area contributed by atoms with E-state index in [1.807, 2.05) is 13.0 Å². The molecule has 0 aliphatic carbocycles. The zero-order valence-electron chi connectivity index (χ0n) is 10.4. The highest BCUT2D eigenvalue weighted by molar-refractivity contribution is 6.30. The fourth-order valence-corrected chi connectivity index (χ4v) is 1.79. The molecule has 2 aromatic rings.